The molecule has 0 amide bonds. The number of para-hydroxylation sites is 1. The Balaban J connectivity index is 1.67. The standard InChI is InChI=1S/C24H19BrN4S/c25-17-11-13-19(14-12-17)29-23(22(27-24(29)30)20-9-4-5-15-26-20)21-10-6-16-28(21)18-7-2-1-3-8-18/h1-16,22-23H,(H,27,30)/t22-,23-/m1/s1. The SMILES string of the molecule is S=C1N[C@H](c2ccccn2)[C@@H](c2cccn2-c2ccccc2)N1c1ccc(Br)cc1. The Bertz CT molecular complexity index is 1160. The minimum Gasteiger partial charge on any atom is -0.351 e. The van der Waals surface area contributed by atoms with Gasteiger partial charge in [-0.15, -0.1) is 0 Å². The molecule has 5 rings (SSSR count). The summed E-state index contributed by atoms with van der Waals surface area (Å²) < 4.78 is 3.26. The molecule has 1 aliphatic heterocycles. The van der Waals surface area contributed by atoms with Gasteiger partial charge in [0, 0.05) is 33.9 Å². The number of thiocarbonyl (C=S) groups is 1. The van der Waals surface area contributed by atoms with Crippen LogP contribution in [-0.4, -0.2) is 14.7 Å². The van der Waals surface area contributed by atoms with Gasteiger partial charge in [-0.1, -0.05) is 40.2 Å². The van der Waals surface area contributed by atoms with Crippen LogP contribution in [-0.2, 0) is 0 Å². The Morgan fingerprint density at radius 2 is 1.60 bits per heavy atom. The van der Waals surface area contributed by atoms with Crippen molar-refractivity contribution in [3.05, 3.63) is 113 Å². The van der Waals surface area contributed by atoms with Crippen LogP contribution in [0.25, 0.3) is 5.69 Å². The molecule has 2 aromatic carbocycles. The van der Waals surface area contributed by atoms with Crippen LogP contribution in [0.3, 0.4) is 0 Å². The third-order valence-electron chi connectivity index (χ3n) is 5.32. The van der Waals surface area contributed by atoms with Crippen LogP contribution in [0.15, 0.2) is 102 Å². The summed E-state index contributed by atoms with van der Waals surface area (Å²) >= 11 is 9.34. The lowest BCUT2D eigenvalue weighted by atomic mass is 10.0. The summed E-state index contributed by atoms with van der Waals surface area (Å²) in [6, 6.07) is 28.7. The molecule has 30 heavy (non-hydrogen) atoms. The highest BCUT2D eigenvalue weighted by atomic mass is 79.9. The molecule has 0 radical (unpaired) electrons. The number of hydrogen-bond donors (Lipinski definition) is 1. The van der Waals surface area contributed by atoms with Gasteiger partial charge in [-0.25, -0.2) is 0 Å². The van der Waals surface area contributed by atoms with Crippen molar-refractivity contribution in [2.75, 3.05) is 4.90 Å². The Morgan fingerprint density at radius 3 is 2.33 bits per heavy atom. The third kappa shape index (κ3) is 3.42. The first-order valence-corrected chi connectivity index (χ1v) is 10.9. The van der Waals surface area contributed by atoms with Crippen LogP contribution in [0, 0.1) is 0 Å². The zero-order chi connectivity index (χ0) is 20.5. The number of hydrogen-bond acceptors (Lipinski definition) is 2. The Labute approximate surface area is 189 Å². The molecule has 4 nitrogen and oxygen atoms in total. The molecular formula is C24H19BrN4S. The van der Waals surface area contributed by atoms with Crippen LogP contribution in [0.4, 0.5) is 5.69 Å². The highest BCUT2D eigenvalue weighted by Gasteiger charge is 2.42. The maximum atomic E-state index is 5.81. The van der Waals surface area contributed by atoms with E-state index in [9.17, 15) is 0 Å². The first-order chi connectivity index (χ1) is 14.7. The Hall–Kier alpha value is -2.96. The average molecular weight is 475 g/mol. The van der Waals surface area contributed by atoms with E-state index in [0.717, 1.165) is 27.2 Å². The molecule has 0 spiro atoms. The number of nitrogens with zero attached hydrogens (tertiary/aromatic N) is 3. The van der Waals surface area contributed by atoms with E-state index in [2.05, 4.69) is 90.4 Å². The number of anilines is 1. The minimum absolute atomic E-state index is 0.0521. The molecule has 2 aromatic heterocycles. The number of rotatable bonds is 4. The van der Waals surface area contributed by atoms with Crippen molar-refractivity contribution >= 4 is 38.9 Å². The molecule has 1 aliphatic rings. The van der Waals surface area contributed by atoms with Crippen LogP contribution < -0.4 is 10.2 Å². The molecule has 1 fully saturated rings. The first-order valence-electron chi connectivity index (χ1n) is 9.71. The van der Waals surface area contributed by atoms with Gasteiger partial charge in [0.15, 0.2) is 5.11 Å². The van der Waals surface area contributed by atoms with Gasteiger partial charge in [-0.05, 0) is 72.9 Å². The highest BCUT2D eigenvalue weighted by molar-refractivity contribution is 9.10. The summed E-state index contributed by atoms with van der Waals surface area (Å²) in [6.45, 7) is 0. The van der Waals surface area contributed by atoms with Crippen LogP contribution in [0.5, 0.6) is 0 Å². The van der Waals surface area contributed by atoms with Gasteiger partial charge in [0.2, 0.25) is 0 Å². The normalized spacial score (nSPS) is 18.4. The van der Waals surface area contributed by atoms with Crippen LogP contribution in [0.2, 0.25) is 0 Å². The predicted octanol–water partition coefficient (Wildman–Crippen LogP) is 5.81. The third-order valence-corrected chi connectivity index (χ3v) is 6.16. The molecule has 148 valence electrons. The van der Waals surface area contributed by atoms with Crippen molar-refractivity contribution in [2.24, 2.45) is 0 Å². The molecule has 3 heterocycles. The van der Waals surface area contributed by atoms with Crippen molar-refractivity contribution in [3.8, 4) is 5.69 Å². The van der Waals surface area contributed by atoms with Crippen molar-refractivity contribution in [2.45, 2.75) is 12.1 Å². The topological polar surface area (TPSA) is 33.1 Å². The molecule has 0 bridgehead atoms. The summed E-state index contributed by atoms with van der Waals surface area (Å²) in [6.07, 6.45) is 3.93. The Kier molecular flexibility index (Phi) is 5.11. The average Bonchev–Trinajstić information content (AvgIpc) is 3.40. The van der Waals surface area contributed by atoms with Gasteiger partial charge in [-0.2, -0.15) is 0 Å². The van der Waals surface area contributed by atoms with E-state index in [1.807, 2.05) is 42.6 Å². The van der Waals surface area contributed by atoms with E-state index >= 15 is 0 Å². The van der Waals surface area contributed by atoms with E-state index in [1.54, 1.807) is 0 Å². The molecule has 4 aromatic rings. The second-order valence-corrected chi connectivity index (χ2v) is 8.41. The largest absolute Gasteiger partial charge is 0.351 e. The fourth-order valence-corrected chi connectivity index (χ4v) is 4.60. The molecule has 1 N–H and O–H groups in total. The number of aromatic nitrogens is 2. The Morgan fingerprint density at radius 1 is 0.833 bits per heavy atom. The molecule has 0 saturated carbocycles. The van der Waals surface area contributed by atoms with E-state index < -0.39 is 0 Å². The predicted molar refractivity (Wildman–Crippen MR) is 128 cm³/mol. The van der Waals surface area contributed by atoms with Crippen molar-refractivity contribution in [3.63, 3.8) is 0 Å². The zero-order valence-electron chi connectivity index (χ0n) is 16.0. The number of pyridine rings is 1. The second kappa shape index (κ2) is 8.05. The van der Waals surface area contributed by atoms with Crippen LogP contribution >= 0.6 is 28.1 Å². The molecule has 2 atom stereocenters. The van der Waals surface area contributed by atoms with Crippen molar-refractivity contribution in [1.29, 1.82) is 0 Å². The van der Waals surface area contributed by atoms with E-state index in [1.165, 1.54) is 0 Å². The van der Waals surface area contributed by atoms with E-state index in [4.69, 9.17) is 12.2 Å². The maximum absolute atomic E-state index is 5.81. The molecule has 6 heteroatoms. The lowest BCUT2D eigenvalue weighted by molar-refractivity contribution is 0.549. The van der Waals surface area contributed by atoms with Crippen LogP contribution in [0.1, 0.15) is 23.5 Å². The molecule has 1 saturated heterocycles. The summed E-state index contributed by atoms with van der Waals surface area (Å²) in [4.78, 5) is 6.82. The van der Waals surface area contributed by atoms with Crippen molar-refractivity contribution < 1.29 is 0 Å². The van der Waals surface area contributed by atoms with Gasteiger partial charge >= 0.3 is 0 Å². The van der Waals surface area contributed by atoms with Crippen molar-refractivity contribution in [1.82, 2.24) is 14.9 Å². The van der Waals surface area contributed by atoms with Gasteiger partial charge in [0.1, 0.15) is 6.04 Å². The summed E-state index contributed by atoms with van der Waals surface area (Å²) in [5.41, 5.74) is 4.27. The van der Waals surface area contributed by atoms with E-state index in [0.29, 0.717) is 5.11 Å². The van der Waals surface area contributed by atoms with Gasteiger partial charge < -0.3 is 14.8 Å². The molecule has 0 aliphatic carbocycles. The summed E-state index contributed by atoms with van der Waals surface area (Å²) in [5.74, 6) is 0. The number of halogens is 1. The maximum Gasteiger partial charge on any atom is 0.174 e. The monoisotopic (exact) mass is 474 g/mol. The quantitative estimate of drug-likeness (QED) is 0.378. The minimum atomic E-state index is -0.0697. The highest BCUT2D eigenvalue weighted by Crippen LogP contribution is 2.42. The number of nitrogens with one attached hydrogen (secondary N) is 1. The summed E-state index contributed by atoms with van der Waals surface area (Å²) in [5, 5.41) is 4.21. The lowest BCUT2D eigenvalue weighted by Gasteiger charge is -2.29. The number of benzene rings is 2. The fourth-order valence-electron chi connectivity index (χ4n) is 3.99. The lowest BCUT2D eigenvalue weighted by Crippen LogP contribution is -2.30. The summed E-state index contributed by atoms with van der Waals surface area (Å²) in [7, 11) is 0. The zero-order valence-corrected chi connectivity index (χ0v) is 18.4. The fraction of sp³-hybridized carbons (Fsp3) is 0.0833. The second-order valence-electron chi connectivity index (χ2n) is 7.11. The van der Waals surface area contributed by atoms with Gasteiger partial charge in [-0.3, -0.25) is 4.98 Å². The van der Waals surface area contributed by atoms with Gasteiger partial charge in [0.25, 0.3) is 0 Å². The van der Waals surface area contributed by atoms with Gasteiger partial charge in [0.05, 0.1) is 11.7 Å². The van der Waals surface area contributed by atoms with E-state index in [-0.39, 0.29) is 12.1 Å². The molecular weight excluding hydrogens is 456 g/mol. The molecule has 0 unspecified atom stereocenters. The smallest absolute Gasteiger partial charge is 0.174 e. The first kappa shape index (κ1) is 19.0.